The largest absolute Gasteiger partial charge is 0.369 e. The number of para-hydroxylation sites is 1. The van der Waals surface area contributed by atoms with E-state index in [0.717, 1.165) is 37.3 Å². The van der Waals surface area contributed by atoms with Gasteiger partial charge in [0.25, 0.3) is 5.91 Å². The molecule has 25 heavy (non-hydrogen) atoms. The fraction of sp³-hybridized carbons (Fsp3) is 0.222. The Hall–Kier alpha value is -2.18. The highest BCUT2D eigenvalue weighted by Crippen LogP contribution is 2.35. The van der Waals surface area contributed by atoms with Crippen molar-refractivity contribution in [2.45, 2.75) is 12.8 Å². The van der Waals surface area contributed by atoms with Crippen LogP contribution in [-0.2, 0) is 0 Å². The first-order chi connectivity index (χ1) is 12.0. The highest BCUT2D eigenvalue weighted by atomic mass is 35.5. The van der Waals surface area contributed by atoms with E-state index in [1.54, 1.807) is 0 Å². The van der Waals surface area contributed by atoms with E-state index in [9.17, 15) is 9.18 Å². The van der Waals surface area contributed by atoms with Crippen LogP contribution < -0.4 is 15.5 Å². The van der Waals surface area contributed by atoms with Crippen molar-refractivity contribution in [1.82, 2.24) is 5.32 Å². The number of rotatable bonds is 3. The Morgan fingerprint density at radius 2 is 1.80 bits per heavy atom. The van der Waals surface area contributed by atoms with E-state index in [2.05, 4.69) is 15.5 Å². The molecule has 1 aliphatic rings. The number of hydrogen-bond acceptors (Lipinski definition) is 3. The van der Waals surface area contributed by atoms with E-state index in [-0.39, 0.29) is 5.11 Å². The van der Waals surface area contributed by atoms with Crippen LogP contribution in [-0.4, -0.2) is 24.1 Å². The molecule has 0 saturated carbocycles. The molecule has 7 heteroatoms. The summed E-state index contributed by atoms with van der Waals surface area (Å²) in [6.07, 6.45) is 2.24. The van der Waals surface area contributed by atoms with Gasteiger partial charge in [-0.05, 0) is 61.5 Å². The van der Waals surface area contributed by atoms with Gasteiger partial charge in [-0.3, -0.25) is 10.1 Å². The summed E-state index contributed by atoms with van der Waals surface area (Å²) in [7, 11) is 0. The van der Waals surface area contributed by atoms with Gasteiger partial charge in [-0.25, -0.2) is 4.39 Å². The van der Waals surface area contributed by atoms with Crippen LogP contribution in [0.4, 0.5) is 15.8 Å². The van der Waals surface area contributed by atoms with Crippen molar-refractivity contribution < 1.29 is 9.18 Å². The normalized spacial score (nSPS) is 13.6. The average molecular weight is 378 g/mol. The Balaban J connectivity index is 1.71. The van der Waals surface area contributed by atoms with Gasteiger partial charge in [0.1, 0.15) is 5.82 Å². The summed E-state index contributed by atoms with van der Waals surface area (Å²) in [6.45, 7) is 1.88. The number of carbonyl (C=O) groups excluding carboxylic acids is 1. The van der Waals surface area contributed by atoms with Crippen LogP contribution >= 0.6 is 23.8 Å². The first-order valence-electron chi connectivity index (χ1n) is 7.96. The zero-order valence-corrected chi connectivity index (χ0v) is 15.0. The number of thiocarbonyl (C=S) groups is 1. The number of nitrogens with zero attached hydrogens (tertiary/aromatic N) is 1. The van der Waals surface area contributed by atoms with Crippen molar-refractivity contribution in [2.75, 3.05) is 23.3 Å². The number of anilines is 2. The quantitative estimate of drug-likeness (QED) is 0.786. The van der Waals surface area contributed by atoms with Gasteiger partial charge in [-0.2, -0.15) is 0 Å². The second-order valence-corrected chi connectivity index (χ2v) is 6.56. The maximum Gasteiger partial charge on any atom is 0.257 e. The molecule has 2 aromatic rings. The van der Waals surface area contributed by atoms with Crippen LogP contribution in [0.1, 0.15) is 23.2 Å². The predicted molar refractivity (Wildman–Crippen MR) is 103 cm³/mol. The zero-order valence-electron chi connectivity index (χ0n) is 13.4. The lowest BCUT2D eigenvalue weighted by Crippen LogP contribution is -2.34. The van der Waals surface area contributed by atoms with E-state index in [4.69, 9.17) is 23.8 Å². The van der Waals surface area contributed by atoms with Crippen molar-refractivity contribution in [2.24, 2.45) is 0 Å². The van der Waals surface area contributed by atoms with E-state index in [0.29, 0.717) is 10.6 Å². The lowest BCUT2D eigenvalue weighted by atomic mass is 10.2. The number of amides is 1. The summed E-state index contributed by atoms with van der Waals surface area (Å²) in [5, 5.41) is 6.44. The van der Waals surface area contributed by atoms with E-state index in [1.807, 2.05) is 18.2 Å². The van der Waals surface area contributed by atoms with E-state index >= 15 is 0 Å². The lowest BCUT2D eigenvalue weighted by molar-refractivity contribution is 0.0977. The number of benzene rings is 2. The molecule has 0 atom stereocenters. The first kappa shape index (κ1) is 17.6. The third-order valence-corrected chi connectivity index (χ3v) is 4.50. The Morgan fingerprint density at radius 1 is 1.12 bits per heavy atom. The minimum absolute atomic E-state index is 0.164. The van der Waals surface area contributed by atoms with Crippen molar-refractivity contribution in [3.8, 4) is 0 Å². The minimum Gasteiger partial charge on any atom is -0.369 e. The molecule has 0 aliphatic carbocycles. The van der Waals surface area contributed by atoms with Crippen molar-refractivity contribution >= 4 is 46.2 Å². The maximum atomic E-state index is 12.9. The van der Waals surface area contributed by atoms with Crippen LogP contribution in [0.3, 0.4) is 0 Å². The van der Waals surface area contributed by atoms with Crippen LogP contribution in [0.5, 0.6) is 0 Å². The van der Waals surface area contributed by atoms with E-state index in [1.165, 1.54) is 24.3 Å². The summed E-state index contributed by atoms with van der Waals surface area (Å²) in [4.78, 5) is 14.4. The van der Waals surface area contributed by atoms with Crippen molar-refractivity contribution in [3.05, 3.63) is 58.9 Å². The molecule has 1 amide bonds. The second-order valence-electron chi connectivity index (χ2n) is 5.75. The third kappa shape index (κ3) is 4.27. The van der Waals surface area contributed by atoms with Crippen LogP contribution in [0, 0.1) is 5.82 Å². The standard InChI is InChI=1S/C18H17ClFN3OS/c19-14-4-3-5-15(16(14)23-10-1-2-11-23)21-18(25)22-17(24)12-6-8-13(20)9-7-12/h3-9H,1-2,10-11H2,(H2,21,22,24,25). The van der Waals surface area contributed by atoms with Gasteiger partial charge in [-0.1, -0.05) is 17.7 Å². The Labute approximate surface area is 156 Å². The molecule has 2 N–H and O–H groups in total. The van der Waals surface area contributed by atoms with Gasteiger partial charge in [-0.15, -0.1) is 0 Å². The molecule has 0 aromatic heterocycles. The highest BCUT2D eigenvalue weighted by Gasteiger charge is 2.19. The van der Waals surface area contributed by atoms with E-state index < -0.39 is 11.7 Å². The molecule has 0 radical (unpaired) electrons. The summed E-state index contributed by atoms with van der Waals surface area (Å²) >= 11 is 11.6. The molecule has 0 spiro atoms. The first-order valence-corrected chi connectivity index (χ1v) is 8.74. The van der Waals surface area contributed by atoms with Crippen molar-refractivity contribution in [1.29, 1.82) is 0 Å². The minimum atomic E-state index is -0.401. The summed E-state index contributed by atoms with van der Waals surface area (Å²) in [5.41, 5.74) is 1.97. The molecular weight excluding hydrogens is 361 g/mol. The summed E-state index contributed by atoms with van der Waals surface area (Å²) < 4.78 is 12.9. The Bertz CT molecular complexity index is 791. The highest BCUT2D eigenvalue weighted by molar-refractivity contribution is 7.80. The van der Waals surface area contributed by atoms with Gasteiger partial charge < -0.3 is 10.2 Å². The monoisotopic (exact) mass is 377 g/mol. The number of hydrogen-bond donors (Lipinski definition) is 2. The van der Waals surface area contributed by atoms with Crippen LogP contribution in [0.2, 0.25) is 5.02 Å². The molecule has 3 rings (SSSR count). The fourth-order valence-corrected chi connectivity index (χ4v) is 3.31. The third-order valence-electron chi connectivity index (χ3n) is 3.99. The van der Waals surface area contributed by atoms with Crippen LogP contribution in [0.25, 0.3) is 0 Å². The van der Waals surface area contributed by atoms with Gasteiger partial charge in [0, 0.05) is 18.7 Å². The SMILES string of the molecule is O=C(NC(=S)Nc1cccc(Cl)c1N1CCCC1)c1ccc(F)cc1. The number of nitrogens with one attached hydrogen (secondary N) is 2. The number of halogens is 2. The molecule has 130 valence electrons. The Kier molecular flexibility index (Phi) is 5.50. The number of carbonyl (C=O) groups is 1. The molecule has 1 heterocycles. The molecule has 2 aromatic carbocycles. The molecule has 1 aliphatic heterocycles. The molecule has 1 fully saturated rings. The lowest BCUT2D eigenvalue weighted by Gasteiger charge is -2.23. The molecule has 4 nitrogen and oxygen atoms in total. The van der Waals surface area contributed by atoms with Crippen molar-refractivity contribution in [3.63, 3.8) is 0 Å². The molecule has 0 unspecified atom stereocenters. The summed E-state index contributed by atoms with van der Waals surface area (Å²) in [6, 6.07) is 10.8. The smallest absolute Gasteiger partial charge is 0.257 e. The van der Waals surface area contributed by atoms with Gasteiger partial charge in [0.2, 0.25) is 0 Å². The van der Waals surface area contributed by atoms with Gasteiger partial charge in [0.15, 0.2) is 5.11 Å². The fourth-order valence-electron chi connectivity index (χ4n) is 2.81. The van der Waals surface area contributed by atoms with Gasteiger partial charge >= 0.3 is 0 Å². The van der Waals surface area contributed by atoms with Crippen LogP contribution in [0.15, 0.2) is 42.5 Å². The molecular formula is C18H17ClFN3OS. The summed E-state index contributed by atoms with van der Waals surface area (Å²) in [5.74, 6) is -0.798. The topological polar surface area (TPSA) is 44.4 Å². The second kappa shape index (κ2) is 7.80. The predicted octanol–water partition coefficient (Wildman–Crippen LogP) is 4.21. The Morgan fingerprint density at radius 3 is 2.48 bits per heavy atom. The average Bonchev–Trinajstić information content (AvgIpc) is 3.09. The zero-order chi connectivity index (χ0) is 17.8. The van der Waals surface area contributed by atoms with Gasteiger partial charge in [0.05, 0.1) is 16.4 Å². The molecule has 1 saturated heterocycles. The maximum absolute atomic E-state index is 12.9. The molecule has 0 bridgehead atoms.